The van der Waals surface area contributed by atoms with Crippen LogP contribution in [0.15, 0.2) is 30.3 Å². The van der Waals surface area contributed by atoms with Crippen molar-refractivity contribution in [1.82, 2.24) is 4.90 Å². The molecule has 0 aliphatic heterocycles. The molecule has 1 aromatic rings. The Balaban J connectivity index is 2.54. The average Bonchev–Trinajstić information content (AvgIpc) is 3.23. The van der Waals surface area contributed by atoms with Crippen LogP contribution in [0.3, 0.4) is 0 Å². The molecule has 2 rings (SSSR count). The number of nitrogens with zero attached hydrogens (tertiary/aromatic N) is 1. The Kier molecular flexibility index (Phi) is 4.12. The summed E-state index contributed by atoms with van der Waals surface area (Å²) < 4.78 is 0. The molecule has 1 N–H and O–H groups in total. The maximum Gasteiger partial charge on any atom is 0.334 e. The van der Waals surface area contributed by atoms with Crippen LogP contribution in [0.5, 0.6) is 0 Å². The molecular weight excluding hydrogens is 254 g/mol. The van der Waals surface area contributed by atoms with Gasteiger partial charge in [0.05, 0.1) is 0 Å². The zero-order chi connectivity index (χ0) is 14.8. The first-order valence-corrected chi connectivity index (χ1v) is 7.05. The highest BCUT2D eigenvalue weighted by Gasteiger charge is 2.50. The van der Waals surface area contributed by atoms with Gasteiger partial charge in [0.1, 0.15) is 0 Å². The van der Waals surface area contributed by atoms with E-state index >= 15 is 0 Å². The molecule has 1 amide bonds. The first kappa shape index (κ1) is 14.6. The van der Waals surface area contributed by atoms with Gasteiger partial charge in [-0.15, -0.1) is 0 Å². The summed E-state index contributed by atoms with van der Waals surface area (Å²) in [6.45, 7) is 3.97. The molecule has 1 fully saturated rings. The number of hydrogen-bond donors (Lipinski definition) is 1. The van der Waals surface area contributed by atoms with Crippen molar-refractivity contribution in [1.29, 1.82) is 0 Å². The number of carboxylic acid groups (broad SMARTS) is 1. The van der Waals surface area contributed by atoms with Crippen LogP contribution >= 0.6 is 0 Å². The lowest BCUT2D eigenvalue weighted by Crippen LogP contribution is -2.53. The second-order valence-corrected chi connectivity index (χ2v) is 5.87. The van der Waals surface area contributed by atoms with E-state index in [9.17, 15) is 14.7 Å². The van der Waals surface area contributed by atoms with Gasteiger partial charge in [0, 0.05) is 6.04 Å². The van der Waals surface area contributed by atoms with Crippen molar-refractivity contribution < 1.29 is 14.7 Å². The number of amides is 1. The van der Waals surface area contributed by atoms with E-state index in [1.165, 1.54) is 4.90 Å². The summed E-state index contributed by atoms with van der Waals surface area (Å²) in [4.78, 5) is 25.2. The number of benzene rings is 1. The van der Waals surface area contributed by atoms with E-state index in [0.29, 0.717) is 18.4 Å². The highest BCUT2D eigenvalue weighted by Crippen LogP contribution is 2.41. The van der Waals surface area contributed by atoms with Gasteiger partial charge in [0.25, 0.3) is 0 Å². The van der Waals surface area contributed by atoms with Gasteiger partial charge in [0.2, 0.25) is 6.41 Å². The van der Waals surface area contributed by atoms with Crippen LogP contribution in [0.2, 0.25) is 0 Å². The number of aliphatic carboxylic acids is 1. The second kappa shape index (κ2) is 5.65. The minimum absolute atomic E-state index is 0.0579. The van der Waals surface area contributed by atoms with Crippen molar-refractivity contribution in [3.8, 4) is 0 Å². The topological polar surface area (TPSA) is 57.6 Å². The van der Waals surface area contributed by atoms with E-state index in [0.717, 1.165) is 12.8 Å². The van der Waals surface area contributed by atoms with Crippen molar-refractivity contribution in [3.05, 3.63) is 35.9 Å². The minimum atomic E-state index is -1.25. The van der Waals surface area contributed by atoms with Crippen LogP contribution in [0, 0.1) is 5.92 Å². The number of rotatable bonds is 7. The van der Waals surface area contributed by atoms with Gasteiger partial charge < -0.3 is 10.0 Å². The monoisotopic (exact) mass is 275 g/mol. The van der Waals surface area contributed by atoms with Gasteiger partial charge in [-0.3, -0.25) is 4.79 Å². The van der Waals surface area contributed by atoms with E-state index in [1.54, 1.807) is 12.1 Å². The SMILES string of the molecule is CC(C)CC(C(=O)O)(c1ccccc1)N(C=O)C1CC1. The number of carbonyl (C=O) groups excluding carboxylic acids is 1. The van der Waals surface area contributed by atoms with Gasteiger partial charge in [-0.1, -0.05) is 44.2 Å². The summed E-state index contributed by atoms with van der Waals surface area (Å²) in [5.41, 5.74) is -0.571. The number of hydrogen-bond acceptors (Lipinski definition) is 2. The lowest BCUT2D eigenvalue weighted by atomic mass is 9.80. The fraction of sp³-hybridized carbons (Fsp3) is 0.500. The Hall–Kier alpha value is -1.84. The molecule has 1 aliphatic rings. The Morgan fingerprint density at radius 2 is 2.00 bits per heavy atom. The molecule has 0 heterocycles. The maximum absolute atomic E-state index is 12.1. The van der Waals surface area contributed by atoms with Crippen molar-refractivity contribution in [2.45, 2.75) is 44.7 Å². The first-order valence-electron chi connectivity index (χ1n) is 7.05. The number of carbonyl (C=O) groups is 2. The fourth-order valence-corrected chi connectivity index (χ4v) is 2.84. The van der Waals surface area contributed by atoms with Crippen LogP contribution in [0.4, 0.5) is 0 Å². The zero-order valence-corrected chi connectivity index (χ0v) is 12.0. The third-order valence-corrected chi connectivity index (χ3v) is 3.80. The van der Waals surface area contributed by atoms with E-state index in [1.807, 2.05) is 32.0 Å². The molecule has 0 bridgehead atoms. The molecular formula is C16H21NO3. The van der Waals surface area contributed by atoms with E-state index in [4.69, 9.17) is 0 Å². The van der Waals surface area contributed by atoms with Gasteiger partial charge in [0.15, 0.2) is 5.54 Å². The molecule has 1 aliphatic carbocycles. The Morgan fingerprint density at radius 1 is 1.40 bits per heavy atom. The fourth-order valence-electron chi connectivity index (χ4n) is 2.84. The third-order valence-electron chi connectivity index (χ3n) is 3.80. The zero-order valence-electron chi connectivity index (χ0n) is 12.0. The molecule has 1 atom stereocenters. The van der Waals surface area contributed by atoms with Crippen molar-refractivity contribution in [2.24, 2.45) is 5.92 Å². The highest BCUT2D eigenvalue weighted by molar-refractivity contribution is 5.83. The van der Waals surface area contributed by atoms with Crippen LogP contribution in [-0.4, -0.2) is 28.4 Å². The molecule has 4 heteroatoms. The predicted molar refractivity (Wildman–Crippen MR) is 76.1 cm³/mol. The lowest BCUT2D eigenvalue weighted by molar-refractivity contribution is -0.158. The molecule has 0 saturated heterocycles. The Bertz CT molecular complexity index is 482. The molecule has 1 unspecified atom stereocenters. The molecule has 1 saturated carbocycles. The highest BCUT2D eigenvalue weighted by atomic mass is 16.4. The predicted octanol–water partition coefficient (Wildman–Crippen LogP) is 2.63. The summed E-state index contributed by atoms with van der Waals surface area (Å²) in [7, 11) is 0. The van der Waals surface area contributed by atoms with Crippen LogP contribution < -0.4 is 0 Å². The molecule has 0 spiro atoms. The smallest absolute Gasteiger partial charge is 0.334 e. The maximum atomic E-state index is 12.1. The summed E-state index contributed by atoms with van der Waals surface area (Å²) >= 11 is 0. The summed E-state index contributed by atoms with van der Waals surface area (Å²) in [6.07, 6.45) is 2.90. The van der Waals surface area contributed by atoms with E-state index in [2.05, 4.69) is 0 Å². The van der Waals surface area contributed by atoms with E-state index < -0.39 is 11.5 Å². The lowest BCUT2D eigenvalue weighted by Gasteiger charge is -2.40. The van der Waals surface area contributed by atoms with Gasteiger partial charge in [-0.05, 0) is 30.7 Å². The Morgan fingerprint density at radius 3 is 2.40 bits per heavy atom. The molecule has 0 radical (unpaired) electrons. The van der Waals surface area contributed by atoms with Crippen molar-refractivity contribution >= 4 is 12.4 Å². The number of carboxylic acids is 1. The minimum Gasteiger partial charge on any atom is -0.479 e. The summed E-state index contributed by atoms with van der Waals surface area (Å²) in [5.74, 6) is -0.774. The molecule has 108 valence electrons. The third kappa shape index (κ3) is 2.55. The van der Waals surface area contributed by atoms with Gasteiger partial charge >= 0.3 is 5.97 Å². The van der Waals surface area contributed by atoms with Gasteiger partial charge in [-0.2, -0.15) is 0 Å². The van der Waals surface area contributed by atoms with Gasteiger partial charge in [-0.25, -0.2) is 4.79 Å². The van der Waals surface area contributed by atoms with E-state index in [-0.39, 0.29) is 12.0 Å². The molecule has 1 aromatic carbocycles. The Labute approximate surface area is 119 Å². The summed E-state index contributed by atoms with van der Waals surface area (Å²) in [6, 6.07) is 9.16. The first-order chi connectivity index (χ1) is 9.52. The van der Waals surface area contributed by atoms with Crippen LogP contribution in [0.25, 0.3) is 0 Å². The second-order valence-electron chi connectivity index (χ2n) is 5.87. The summed E-state index contributed by atoms with van der Waals surface area (Å²) in [5, 5.41) is 9.90. The van der Waals surface area contributed by atoms with Crippen LogP contribution in [0.1, 0.15) is 38.7 Å². The largest absolute Gasteiger partial charge is 0.479 e. The normalized spacial score (nSPS) is 17.6. The molecule has 20 heavy (non-hydrogen) atoms. The average molecular weight is 275 g/mol. The van der Waals surface area contributed by atoms with Crippen LogP contribution in [-0.2, 0) is 15.1 Å². The van der Waals surface area contributed by atoms with Crippen molar-refractivity contribution in [2.75, 3.05) is 0 Å². The quantitative estimate of drug-likeness (QED) is 0.778. The standard InChI is InChI=1S/C16H21NO3/c1-12(2)10-16(15(19)20,13-6-4-3-5-7-13)17(11-18)14-8-9-14/h3-7,11-12,14H,8-10H2,1-2H3,(H,19,20). The molecule has 4 nitrogen and oxygen atoms in total. The van der Waals surface area contributed by atoms with Crippen molar-refractivity contribution in [3.63, 3.8) is 0 Å². The molecule has 0 aromatic heterocycles.